The molecule has 0 N–H and O–H groups in total. The summed E-state index contributed by atoms with van der Waals surface area (Å²) in [7, 11) is 0. The Morgan fingerprint density at radius 2 is 1.67 bits per heavy atom. The van der Waals surface area contributed by atoms with E-state index in [4.69, 9.17) is 12.1 Å². The fraction of sp³-hybridized carbons (Fsp3) is 0.256. The summed E-state index contributed by atoms with van der Waals surface area (Å²) in [6.45, 7) is 15.9. The molecule has 5 heterocycles. The maximum atomic E-state index is 8.86. The monoisotopic (exact) mass is 790 g/mol. The molecule has 0 bridgehead atoms. The standard InChI is InChI=1S/C25H23N2OS.C14H14N.Ir/c1-14-9-10-17-16-7-6-8-18(23(16)28-24(17)26-14)20-11-12-21-22(27-20)19(15(2)29-21)13-25(3,4)5;1-10-4-6-13(7-5-10)14-8-11(2)12(3)9-15-14;/h6-7,9-12H,13H2,1-5H3;4-6,8-9H,1-3H3;/q2*-1;/i13D2;;. The van der Waals surface area contributed by atoms with Gasteiger partial charge in [-0.3, -0.25) is 4.98 Å². The van der Waals surface area contributed by atoms with Crippen molar-refractivity contribution in [1.29, 1.82) is 0 Å². The fourth-order valence-corrected chi connectivity index (χ4v) is 6.05. The molecule has 0 atom stereocenters. The smallest absolute Gasteiger partial charge is 0.216 e. The van der Waals surface area contributed by atoms with E-state index >= 15 is 0 Å². The SMILES string of the molecule is Cc1c[c-]c(-c2cc(C)c(C)cn2)cc1.[2H]C([2H])(c1c(C)sc2ccc(-c3[c-]ccc4c3oc3nc(C)ccc34)nc12)C(C)(C)C.[Ir]. The van der Waals surface area contributed by atoms with Crippen molar-refractivity contribution in [2.24, 2.45) is 5.41 Å². The third kappa shape index (κ3) is 6.94. The van der Waals surface area contributed by atoms with E-state index in [-0.39, 0.29) is 20.1 Å². The summed E-state index contributed by atoms with van der Waals surface area (Å²) in [5.74, 6) is 0. The van der Waals surface area contributed by atoms with Crippen molar-refractivity contribution in [2.45, 2.75) is 61.8 Å². The van der Waals surface area contributed by atoms with Gasteiger partial charge in [0.2, 0.25) is 5.71 Å². The molecule has 0 amide bonds. The summed E-state index contributed by atoms with van der Waals surface area (Å²) in [6, 6.07) is 26.6. The summed E-state index contributed by atoms with van der Waals surface area (Å²) in [6.07, 6.45) is 0.399. The van der Waals surface area contributed by atoms with Crippen molar-refractivity contribution in [1.82, 2.24) is 15.0 Å². The first-order chi connectivity index (χ1) is 21.7. The van der Waals surface area contributed by atoms with Crippen LogP contribution in [-0.4, -0.2) is 15.0 Å². The Bertz CT molecular complexity index is 2230. The molecule has 0 aliphatic carbocycles. The minimum Gasteiger partial charge on any atom is -0.486 e. The zero-order valence-corrected chi connectivity index (χ0v) is 30.1. The van der Waals surface area contributed by atoms with Gasteiger partial charge < -0.3 is 9.40 Å². The molecule has 2 aromatic carbocycles. The minimum atomic E-state index is -1.52. The van der Waals surface area contributed by atoms with Gasteiger partial charge in [-0.1, -0.05) is 56.3 Å². The van der Waals surface area contributed by atoms with Gasteiger partial charge >= 0.3 is 0 Å². The van der Waals surface area contributed by atoms with Gasteiger partial charge in [0.1, 0.15) is 0 Å². The van der Waals surface area contributed by atoms with Crippen molar-refractivity contribution < 1.29 is 27.3 Å². The second-order valence-corrected chi connectivity index (χ2v) is 13.6. The molecule has 231 valence electrons. The first-order valence-electron chi connectivity index (χ1n) is 15.8. The quantitative estimate of drug-likeness (QED) is 0.167. The summed E-state index contributed by atoms with van der Waals surface area (Å²) in [5.41, 5.74) is 10.3. The van der Waals surface area contributed by atoms with Crippen LogP contribution in [0, 0.1) is 52.2 Å². The van der Waals surface area contributed by atoms with Gasteiger partial charge in [0.05, 0.1) is 15.8 Å². The van der Waals surface area contributed by atoms with Crippen LogP contribution in [0.3, 0.4) is 0 Å². The van der Waals surface area contributed by atoms with Crippen LogP contribution in [0.4, 0.5) is 0 Å². The van der Waals surface area contributed by atoms with E-state index in [2.05, 4.69) is 61.1 Å². The number of aromatic nitrogens is 3. The van der Waals surface area contributed by atoms with E-state index in [9.17, 15) is 0 Å². The van der Waals surface area contributed by atoms with Crippen molar-refractivity contribution in [3.63, 3.8) is 0 Å². The number of hydrogen-bond acceptors (Lipinski definition) is 5. The van der Waals surface area contributed by atoms with Gasteiger partial charge in [0, 0.05) is 45.0 Å². The number of rotatable bonds is 3. The normalized spacial score (nSPS) is 12.4. The number of pyridine rings is 3. The Morgan fingerprint density at radius 3 is 2.38 bits per heavy atom. The topological polar surface area (TPSA) is 51.8 Å². The first-order valence-corrected chi connectivity index (χ1v) is 15.6. The Hall–Kier alpha value is -3.70. The summed E-state index contributed by atoms with van der Waals surface area (Å²) in [5, 5.41) is 1.94. The van der Waals surface area contributed by atoms with E-state index in [1.54, 1.807) is 11.3 Å². The van der Waals surface area contributed by atoms with E-state index in [0.29, 0.717) is 16.9 Å². The number of thiophene rings is 1. The molecule has 0 fully saturated rings. The van der Waals surface area contributed by atoms with Gasteiger partial charge in [0.15, 0.2) is 0 Å². The van der Waals surface area contributed by atoms with Gasteiger partial charge in [-0.15, -0.1) is 64.9 Å². The number of furan rings is 1. The van der Waals surface area contributed by atoms with Crippen molar-refractivity contribution in [3.05, 3.63) is 112 Å². The summed E-state index contributed by atoms with van der Waals surface area (Å²) < 4.78 is 24.8. The Kier molecular flexibility index (Phi) is 8.63. The average Bonchev–Trinajstić information content (AvgIpc) is 3.54. The number of nitrogens with zero attached hydrogens (tertiary/aromatic N) is 3. The summed E-state index contributed by atoms with van der Waals surface area (Å²) in [4.78, 5) is 14.8. The fourth-order valence-electron chi connectivity index (χ4n) is 5.09. The van der Waals surface area contributed by atoms with Crippen molar-refractivity contribution >= 4 is 43.6 Å². The molecule has 7 aromatic rings. The van der Waals surface area contributed by atoms with Gasteiger partial charge in [-0.25, -0.2) is 4.98 Å². The molecule has 0 aliphatic rings. The second-order valence-electron chi connectivity index (χ2n) is 12.4. The molecule has 0 spiro atoms. The van der Waals surface area contributed by atoms with Crippen molar-refractivity contribution in [2.75, 3.05) is 0 Å². The molecule has 0 unspecified atom stereocenters. The maximum Gasteiger partial charge on any atom is 0.216 e. The molecule has 0 aliphatic heterocycles. The Morgan fingerprint density at radius 1 is 0.867 bits per heavy atom. The van der Waals surface area contributed by atoms with Crippen LogP contribution in [0.15, 0.2) is 71.3 Å². The van der Waals surface area contributed by atoms with E-state index in [0.717, 1.165) is 54.1 Å². The molecule has 6 heteroatoms. The zero-order chi connectivity index (χ0) is 33.0. The average molecular weight is 790 g/mol. The Balaban J connectivity index is 0.000000228. The van der Waals surface area contributed by atoms with Gasteiger partial charge in [0.25, 0.3) is 0 Å². The summed E-state index contributed by atoms with van der Waals surface area (Å²) >= 11 is 1.59. The Labute approximate surface area is 286 Å². The number of fused-ring (bicyclic) bond motifs is 4. The number of aryl methyl sites for hydroxylation is 5. The van der Waals surface area contributed by atoms with Crippen LogP contribution in [-0.2, 0) is 26.5 Å². The van der Waals surface area contributed by atoms with E-state index in [1.165, 1.54) is 16.7 Å². The molecule has 0 saturated carbocycles. The van der Waals surface area contributed by atoms with Crippen molar-refractivity contribution in [3.8, 4) is 22.5 Å². The molecular weight excluding hydrogens is 751 g/mol. The van der Waals surface area contributed by atoms with Crippen LogP contribution < -0.4 is 0 Å². The maximum absolute atomic E-state index is 8.86. The third-order valence-corrected chi connectivity index (χ3v) is 8.58. The zero-order valence-electron chi connectivity index (χ0n) is 28.8. The molecule has 5 aromatic heterocycles. The molecule has 7 rings (SSSR count). The van der Waals surface area contributed by atoms with Crippen LogP contribution >= 0.6 is 11.3 Å². The predicted octanol–water partition coefficient (Wildman–Crippen LogP) is 10.7. The van der Waals surface area contributed by atoms with Gasteiger partial charge in [-0.2, -0.15) is 0 Å². The van der Waals surface area contributed by atoms with Crippen LogP contribution in [0.2, 0.25) is 0 Å². The largest absolute Gasteiger partial charge is 0.486 e. The number of hydrogen-bond donors (Lipinski definition) is 0. The predicted molar refractivity (Wildman–Crippen MR) is 184 cm³/mol. The van der Waals surface area contributed by atoms with Crippen LogP contribution in [0.1, 0.15) is 56.3 Å². The second kappa shape index (κ2) is 13.0. The van der Waals surface area contributed by atoms with E-state index in [1.807, 2.05) is 83.3 Å². The van der Waals surface area contributed by atoms with Crippen LogP contribution in [0.25, 0.3) is 54.8 Å². The molecule has 0 saturated heterocycles. The third-order valence-electron chi connectivity index (χ3n) is 7.52. The van der Waals surface area contributed by atoms with Crippen LogP contribution in [0.5, 0.6) is 0 Å². The number of benzene rings is 2. The van der Waals surface area contributed by atoms with E-state index < -0.39 is 11.8 Å². The first kappa shape index (κ1) is 30.0. The molecule has 4 nitrogen and oxygen atoms in total. The molecule has 1 radical (unpaired) electrons. The van der Waals surface area contributed by atoms with Gasteiger partial charge in [-0.05, 0) is 80.2 Å². The minimum absolute atomic E-state index is 0. The molecular formula is C39H37IrN3OS-2. The molecule has 45 heavy (non-hydrogen) atoms.